The lowest BCUT2D eigenvalue weighted by molar-refractivity contribution is 0.0389. The van der Waals surface area contributed by atoms with Crippen LogP contribution in [0.25, 0.3) is 0 Å². The van der Waals surface area contributed by atoms with Crippen molar-refractivity contribution in [3.05, 3.63) is 54.2 Å². The van der Waals surface area contributed by atoms with Gasteiger partial charge in [-0.1, -0.05) is 0 Å². The van der Waals surface area contributed by atoms with E-state index in [1.54, 1.807) is 30.8 Å². The Morgan fingerprint density at radius 2 is 1.96 bits per heavy atom. The molecule has 1 atom stereocenters. The van der Waals surface area contributed by atoms with Crippen molar-refractivity contribution in [2.75, 3.05) is 52.5 Å². The van der Waals surface area contributed by atoms with E-state index < -0.39 is 6.10 Å². The first-order valence-corrected chi connectivity index (χ1v) is 9.74. The molecule has 2 aromatic heterocycles. The van der Waals surface area contributed by atoms with Gasteiger partial charge in [-0.15, -0.1) is 0 Å². The van der Waals surface area contributed by atoms with Crippen molar-refractivity contribution >= 4 is 5.96 Å². The lowest BCUT2D eigenvalue weighted by atomic mass is 10.1. The van der Waals surface area contributed by atoms with Gasteiger partial charge >= 0.3 is 0 Å². The average molecular weight is 387 g/mol. The number of nitrogens with one attached hydrogen (secondary N) is 2. The van der Waals surface area contributed by atoms with Crippen LogP contribution in [0, 0.1) is 0 Å². The summed E-state index contributed by atoms with van der Waals surface area (Å²) in [6, 6.07) is 7.44. The van der Waals surface area contributed by atoms with Gasteiger partial charge in [0.2, 0.25) is 0 Å². The fourth-order valence-electron chi connectivity index (χ4n) is 2.96. The van der Waals surface area contributed by atoms with Crippen LogP contribution < -0.4 is 10.6 Å². The monoisotopic (exact) mass is 387 g/mol. The third-order valence-corrected chi connectivity index (χ3v) is 4.58. The van der Waals surface area contributed by atoms with Crippen LogP contribution in [0.4, 0.5) is 0 Å². The van der Waals surface area contributed by atoms with E-state index in [2.05, 4.69) is 25.5 Å². The van der Waals surface area contributed by atoms with Crippen molar-refractivity contribution in [1.29, 1.82) is 0 Å². The highest BCUT2D eigenvalue weighted by Crippen LogP contribution is 2.11. The Labute approximate surface area is 165 Å². The molecule has 8 nitrogen and oxygen atoms in total. The van der Waals surface area contributed by atoms with Crippen LogP contribution >= 0.6 is 0 Å². The van der Waals surface area contributed by atoms with Gasteiger partial charge in [0.05, 0.1) is 32.1 Å². The third-order valence-electron chi connectivity index (χ3n) is 4.58. The number of ether oxygens (including phenoxy) is 1. The lowest BCUT2D eigenvalue weighted by Crippen LogP contribution is -2.45. The quantitative estimate of drug-likeness (QED) is 0.433. The van der Waals surface area contributed by atoms with Crippen molar-refractivity contribution in [1.82, 2.24) is 20.5 Å². The minimum Gasteiger partial charge on any atom is -0.469 e. The summed E-state index contributed by atoms with van der Waals surface area (Å²) in [5.74, 6) is 1.62. The summed E-state index contributed by atoms with van der Waals surface area (Å²) >= 11 is 0. The zero-order chi connectivity index (χ0) is 19.4. The zero-order valence-electron chi connectivity index (χ0n) is 16.1. The second kappa shape index (κ2) is 11.4. The molecular formula is C20H29N5O3. The molecular weight excluding hydrogens is 358 g/mol. The van der Waals surface area contributed by atoms with Crippen LogP contribution in [-0.2, 0) is 11.2 Å². The van der Waals surface area contributed by atoms with Crippen molar-refractivity contribution < 1.29 is 14.3 Å². The van der Waals surface area contributed by atoms with Crippen LogP contribution in [0.2, 0.25) is 0 Å². The van der Waals surface area contributed by atoms with Gasteiger partial charge in [-0.2, -0.15) is 0 Å². The smallest absolute Gasteiger partial charge is 0.191 e. The van der Waals surface area contributed by atoms with E-state index >= 15 is 0 Å². The molecule has 1 saturated heterocycles. The number of aromatic nitrogens is 1. The minimum absolute atomic E-state index is 0.275. The maximum Gasteiger partial charge on any atom is 0.191 e. The van der Waals surface area contributed by atoms with E-state index in [-0.39, 0.29) is 6.54 Å². The number of hydrogen-bond acceptors (Lipinski definition) is 6. The predicted molar refractivity (Wildman–Crippen MR) is 107 cm³/mol. The molecule has 2 aromatic rings. The zero-order valence-corrected chi connectivity index (χ0v) is 16.1. The number of morpholine rings is 1. The average Bonchev–Trinajstić information content (AvgIpc) is 3.26. The summed E-state index contributed by atoms with van der Waals surface area (Å²) in [7, 11) is 0. The highest BCUT2D eigenvalue weighted by Gasteiger charge is 2.11. The summed E-state index contributed by atoms with van der Waals surface area (Å²) in [5.41, 5.74) is 0.807. The molecule has 1 unspecified atom stereocenters. The first kappa shape index (κ1) is 20.3. The Kier molecular flexibility index (Phi) is 8.29. The van der Waals surface area contributed by atoms with Crippen molar-refractivity contribution in [2.45, 2.75) is 12.5 Å². The van der Waals surface area contributed by atoms with E-state index in [0.29, 0.717) is 12.5 Å². The van der Waals surface area contributed by atoms with E-state index in [1.165, 1.54) is 0 Å². The number of aliphatic imine (C=N–C) groups is 1. The highest BCUT2D eigenvalue weighted by atomic mass is 16.5. The lowest BCUT2D eigenvalue weighted by Gasteiger charge is -2.26. The summed E-state index contributed by atoms with van der Waals surface area (Å²) in [4.78, 5) is 10.9. The molecule has 0 bridgehead atoms. The van der Waals surface area contributed by atoms with E-state index in [4.69, 9.17) is 9.15 Å². The maximum absolute atomic E-state index is 10.3. The molecule has 28 heavy (non-hydrogen) atoms. The molecule has 8 heteroatoms. The molecule has 0 spiro atoms. The van der Waals surface area contributed by atoms with Crippen LogP contribution in [0.3, 0.4) is 0 Å². The van der Waals surface area contributed by atoms with Gasteiger partial charge in [-0.25, -0.2) is 0 Å². The van der Waals surface area contributed by atoms with Crippen LogP contribution in [0.5, 0.6) is 0 Å². The van der Waals surface area contributed by atoms with Crippen molar-refractivity contribution in [3.63, 3.8) is 0 Å². The third kappa shape index (κ3) is 6.95. The number of rotatable bonds is 9. The number of aliphatic hydroxyl groups excluding tert-OH is 1. The second-order valence-electron chi connectivity index (χ2n) is 6.62. The topological polar surface area (TPSA) is 95.2 Å². The van der Waals surface area contributed by atoms with Gasteiger partial charge in [0, 0.05) is 51.5 Å². The maximum atomic E-state index is 10.3. The Bertz CT molecular complexity index is 687. The molecule has 3 heterocycles. The van der Waals surface area contributed by atoms with Crippen LogP contribution in [0.1, 0.15) is 17.4 Å². The van der Waals surface area contributed by atoms with Gasteiger partial charge in [0.1, 0.15) is 5.76 Å². The fourth-order valence-corrected chi connectivity index (χ4v) is 2.96. The first-order chi connectivity index (χ1) is 13.8. The largest absolute Gasteiger partial charge is 0.469 e. The van der Waals surface area contributed by atoms with Crippen LogP contribution in [0.15, 0.2) is 52.3 Å². The Hall–Kier alpha value is -2.42. The minimum atomic E-state index is -0.661. The van der Waals surface area contributed by atoms with E-state index in [9.17, 15) is 5.11 Å². The molecule has 1 aliphatic rings. The number of nitrogens with zero attached hydrogens (tertiary/aromatic N) is 3. The number of furan rings is 1. The van der Waals surface area contributed by atoms with Crippen LogP contribution in [-0.4, -0.2) is 73.4 Å². The summed E-state index contributed by atoms with van der Waals surface area (Å²) in [6.45, 7) is 6.18. The van der Waals surface area contributed by atoms with Gasteiger partial charge in [0.15, 0.2) is 5.96 Å². The molecule has 3 rings (SSSR count). The molecule has 0 aliphatic carbocycles. The summed E-state index contributed by atoms with van der Waals surface area (Å²) in [6.07, 6.45) is 5.13. The Morgan fingerprint density at radius 3 is 2.71 bits per heavy atom. The van der Waals surface area contributed by atoms with Gasteiger partial charge in [-0.05, 0) is 29.8 Å². The fraction of sp³-hybridized carbons (Fsp3) is 0.500. The number of aliphatic hydroxyl groups is 1. The molecule has 0 amide bonds. The van der Waals surface area contributed by atoms with Crippen molar-refractivity contribution in [2.24, 2.45) is 4.99 Å². The molecule has 0 aromatic carbocycles. The standard InChI is InChI=1S/C20H29N5O3/c26-19(17-3-6-21-7-4-17)16-24-20(22-8-5-18-2-1-13-28-18)23-9-10-25-11-14-27-15-12-25/h1-4,6-7,13,19,26H,5,8-12,14-16H2,(H2,22,23,24). The van der Waals surface area contributed by atoms with E-state index in [0.717, 1.165) is 57.1 Å². The summed E-state index contributed by atoms with van der Waals surface area (Å²) in [5, 5.41) is 17.0. The number of guanidine groups is 1. The SMILES string of the molecule is OC(CN=C(NCCc1ccco1)NCCN1CCOCC1)c1ccncc1. The molecule has 152 valence electrons. The molecule has 0 saturated carbocycles. The molecule has 1 aliphatic heterocycles. The molecule has 3 N–H and O–H groups in total. The second-order valence-corrected chi connectivity index (χ2v) is 6.62. The number of hydrogen-bond donors (Lipinski definition) is 3. The highest BCUT2D eigenvalue weighted by molar-refractivity contribution is 5.79. The predicted octanol–water partition coefficient (Wildman–Crippen LogP) is 0.818. The van der Waals surface area contributed by atoms with Crippen molar-refractivity contribution in [3.8, 4) is 0 Å². The van der Waals surface area contributed by atoms with Gasteiger partial charge in [-0.3, -0.25) is 14.9 Å². The Balaban J connectivity index is 1.49. The molecule has 0 radical (unpaired) electrons. The number of pyridine rings is 1. The molecule has 1 fully saturated rings. The van der Waals surface area contributed by atoms with Gasteiger partial charge < -0.3 is 24.9 Å². The van der Waals surface area contributed by atoms with Gasteiger partial charge in [0.25, 0.3) is 0 Å². The van der Waals surface area contributed by atoms with E-state index in [1.807, 2.05) is 12.1 Å². The first-order valence-electron chi connectivity index (χ1n) is 9.74. The summed E-state index contributed by atoms with van der Waals surface area (Å²) < 4.78 is 10.8. The Morgan fingerprint density at radius 1 is 1.18 bits per heavy atom. The normalized spacial score (nSPS) is 16.7.